The standard InChI is InChI=1S/C18H20FNO4/c1-2-22-14-7-9-15(10-8-14)24-13-18(21)20-11-12-23-17-6-4-3-5-16(17)19/h3-10H,2,11-13H2,1H3,(H,20,21). The number of carbonyl (C=O) groups excluding carboxylic acids is 1. The molecule has 128 valence electrons. The Morgan fingerprint density at radius 3 is 2.33 bits per heavy atom. The smallest absolute Gasteiger partial charge is 0.258 e. The summed E-state index contributed by atoms with van der Waals surface area (Å²) in [5.74, 6) is 0.789. The van der Waals surface area contributed by atoms with Crippen LogP contribution in [0, 0.1) is 5.82 Å². The average molecular weight is 333 g/mol. The SMILES string of the molecule is CCOc1ccc(OCC(=O)NCCOc2ccccc2F)cc1. The monoisotopic (exact) mass is 333 g/mol. The number of carbonyl (C=O) groups is 1. The molecule has 0 aromatic heterocycles. The Morgan fingerprint density at radius 2 is 1.67 bits per heavy atom. The van der Waals surface area contributed by atoms with Crippen LogP contribution < -0.4 is 19.5 Å². The van der Waals surface area contributed by atoms with E-state index in [1.54, 1.807) is 36.4 Å². The van der Waals surface area contributed by atoms with Gasteiger partial charge in [0, 0.05) is 0 Å². The van der Waals surface area contributed by atoms with Crippen molar-refractivity contribution in [3.8, 4) is 17.2 Å². The quantitative estimate of drug-likeness (QED) is 0.717. The summed E-state index contributed by atoms with van der Waals surface area (Å²) in [6.07, 6.45) is 0. The molecule has 0 fully saturated rings. The zero-order valence-electron chi connectivity index (χ0n) is 13.5. The van der Waals surface area contributed by atoms with Gasteiger partial charge < -0.3 is 19.5 Å². The van der Waals surface area contributed by atoms with Crippen LogP contribution in [0.3, 0.4) is 0 Å². The fourth-order valence-electron chi connectivity index (χ4n) is 1.91. The number of amides is 1. The Kier molecular flexibility index (Phi) is 6.89. The fraction of sp³-hybridized carbons (Fsp3) is 0.278. The van der Waals surface area contributed by atoms with Gasteiger partial charge in [0.05, 0.1) is 13.2 Å². The van der Waals surface area contributed by atoms with Crippen LogP contribution in [0.15, 0.2) is 48.5 Å². The highest BCUT2D eigenvalue weighted by Gasteiger charge is 2.04. The number of ether oxygens (including phenoxy) is 3. The van der Waals surface area contributed by atoms with Crippen LogP contribution >= 0.6 is 0 Å². The van der Waals surface area contributed by atoms with E-state index in [-0.39, 0.29) is 31.4 Å². The van der Waals surface area contributed by atoms with Crippen LogP contribution in [-0.4, -0.2) is 32.3 Å². The van der Waals surface area contributed by atoms with E-state index in [1.165, 1.54) is 12.1 Å². The Hall–Kier alpha value is -2.76. The van der Waals surface area contributed by atoms with Gasteiger partial charge >= 0.3 is 0 Å². The predicted octanol–water partition coefficient (Wildman–Crippen LogP) is 2.80. The average Bonchev–Trinajstić information content (AvgIpc) is 2.60. The van der Waals surface area contributed by atoms with Gasteiger partial charge in [-0.15, -0.1) is 0 Å². The van der Waals surface area contributed by atoms with Crippen LogP contribution in [0.4, 0.5) is 4.39 Å². The molecular weight excluding hydrogens is 313 g/mol. The van der Waals surface area contributed by atoms with Crippen molar-refractivity contribution in [2.75, 3.05) is 26.4 Å². The number of halogens is 1. The number of nitrogens with one attached hydrogen (secondary N) is 1. The van der Waals surface area contributed by atoms with E-state index in [2.05, 4.69) is 5.32 Å². The normalized spacial score (nSPS) is 10.1. The molecule has 2 aromatic rings. The van der Waals surface area contributed by atoms with Gasteiger partial charge in [-0.25, -0.2) is 4.39 Å². The summed E-state index contributed by atoms with van der Waals surface area (Å²) in [6, 6.07) is 13.1. The molecule has 1 N–H and O–H groups in total. The molecule has 0 aliphatic carbocycles. The van der Waals surface area contributed by atoms with E-state index < -0.39 is 5.82 Å². The van der Waals surface area contributed by atoms with Gasteiger partial charge in [0.2, 0.25) is 0 Å². The lowest BCUT2D eigenvalue weighted by Gasteiger charge is -2.10. The third-order valence-electron chi connectivity index (χ3n) is 3.02. The third-order valence-corrected chi connectivity index (χ3v) is 3.02. The Morgan fingerprint density at radius 1 is 1.00 bits per heavy atom. The first-order chi connectivity index (χ1) is 11.7. The highest BCUT2D eigenvalue weighted by atomic mass is 19.1. The van der Waals surface area contributed by atoms with E-state index in [0.29, 0.717) is 12.4 Å². The van der Waals surface area contributed by atoms with Gasteiger partial charge in [-0.05, 0) is 43.3 Å². The van der Waals surface area contributed by atoms with E-state index >= 15 is 0 Å². The predicted molar refractivity (Wildman–Crippen MR) is 88.0 cm³/mol. The topological polar surface area (TPSA) is 56.8 Å². The molecule has 0 spiro atoms. The second-order valence-electron chi connectivity index (χ2n) is 4.82. The van der Waals surface area contributed by atoms with E-state index in [1.807, 2.05) is 6.92 Å². The first-order valence-electron chi connectivity index (χ1n) is 7.68. The maximum Gasteiger partial charge on any atom is 0.258 e. The molecule has 0 aliphatic heterocycles. The van der Waals surface area contributed by atoms with Crippen LogP contribution in [0.2, 0.25) is 0 Å². The van der Waals surface area contributed by atoms with Gasteiger partial charge in [-0.3, -0.25) is 4.79 Å². The molecule has 2 rings (SSSR count). The molecule has 0 atom stereocenters. The van der Waals surface area contributed by atoms with E-state index in [9.17, 15) is 9.18 Å². The van der Waals surface area contributed by atoms with Crippen LogP contribution in [0.1, 0.15) is 6.92 Å². The zero-order valence-corrected chi connectivity index (χ0v) is 13.5. The molecule has 6 heteroatoms. The molecule has 0 saturated carbocycles. The summed E-state index contributed by atoms with van der Waals surface area (Å²) in [7, 11) is 0. The maximum atomic E-state index is 13.3. The lowest BCUT2D eigenvalue weighted by Crippen LogP contribution is -2.32. The lowest BCUT2D eigenvalue weighted by atomic mass is 10.3. The molecular formula is C18H20FNO4. The second-order valence-corrected chi connectivity index (χ2v) is 4.82. The zero-order chi connectivity index (χ0) is 17.2. The lowest BCUT2D eigenvalue weighted by molar-refractivity contribution is -0.123. The minimum Gasteiger partial charge on any atom is -0.494 e. The summed E-state index contributed by atoms with van der Waals surface area (Å²) in [6.45, 7) is 2.84. The molecule has 1 amide bonds. The molecule has 0 unspecified atom stereocenters. The molecule has 0 bridgehead atoms. The van der Waals surface area contributed by atoms with Crippen LogP contribution in [-0.2, 0) is 4.79 Å². The van der Waals surface area contributed by atoms with Crippen LogP contribution in [0.5, 0.6) is 17.2 Å². The fourth-order valence-corrected chi connectivity index (χ4v) is 1.91. The largest absolute Gasteiger partial charge is 0.494 e. The molecule has 0 saturated heterocycles. The van der Waals surface area contributed by atoms with Crippen molar-refractivity contribution in [3.63, 3.8) is 0 Å². The molecule has 0 aliphatic rings. The number of hydrogen-bond acceptors (Lipinski definition) is 4. The summed E-state index contributed by atoms with van der Waals surface area (Å²) in [5.41, 5.74) is 0. The van der Waals surface area contributed by atoms with Gasteiger partial charge in [-0.1, -0.05) is 12.1 Å². The van der Waals surface area contributed by atoms with Gasteiger partial charge in [0.25, 0.3) is 5.91 Å². The van der Waals surface area contributed by atoms with Crippen molar-refractivity contribution in [1.29, 1.82) is 0 Å². The molecule has 0 radical (unpaired) electrons. The summed E-state index contributed by atoms with van der Waals surface area (Å²) in [4.78, 5) is 11.7. The first-order valence-corrected chi connectivity index (χ1v) is 7.68. The van der Waals surface area contributed by atoms with Gasteiger partial charge in [0.15, 0.2) is 18.2 Å². The van der Waals surface area contributed by atoms with Gasteiger partial charge in [0.1, 0.15) is 18.1 Å². The second kappa shape index (κ2) is 9.39. The Labute approximate surface area is 140 Å². The van der Waals surface area contributed by atoms with E-state index in [4.69, 9.17) is 14.2 Å². The molecule has 0 heterocycles. The number of para-hydroxylation sites is 1. The van der Waals surface area contributed by atoms with Crippen molar-refractivity contribution < 1.29 is 23.4 Å². The van der Waals surface area contributed by atoms with Crippen molar-refractivity contribution in [2.24, 2.45) is 0 Å². The van der Waals surface area contributed by atoms with Crippen LogP contribution in [0.25, 0.3) is 0 Å². The van der Waals surface area contributed by atoms with E-state index in [0.717, 1.165) is 5.75 Å². The number of rotatable bonds is 9. The van der Waals surface area contributed by atoms with Gasteiger partial charge in [-0.2, -0.15) is 0 Å². The number of benzene rings is 2. The van der Waals surface area contributed by atoms with Crippen molar-refractivity contribution in [1.82, 2.24) is 5.32 Å². The van der Waals surface area contributed by atoms with Crippen molar-refractivity contribution in [2.45, 2.75) is 6.92 Å². The summed E-state index contributed by atoms with van der Waals surface area (Å²) in [5, 5.41) is 2.64. The summed E-state index contributed by atoms with van der Waals surface area (Å²) >= 11 is 0. The molecule has 2 aromatic carbocycles. The van der Waals surface area contributed by atoms with Crippen molar-refractivity contribution in [3.05, 3.63) is 54.3 Å². The minimum atomic E-state index is -0.428. The highest BCUT2D eigenvalue weighted by molar-refractivity contribution is 5.77. The highest BCUT2D eigenvalue weighted by Crippen LogP contribution is 2.17. The molecule has 24 heavy (non-hydrogen) atoms. The minimum absolute atomic E-state index is 0.103. The number of hydrogen-bond donors (Lipinski definition) is 1. The molecule has 5 nitrogen and oxygen atoms in total. The summed E-state index contributed by atoms with van der Waals surface area (Å²) < 4.78 is 29.2. The first kappa shape index (κ1) is 17.6. The van der Waals surface area contributed by atoms with Crippen molar-refractivity contribution >= 4 is 5.91 Å². The maximum absolute atomic E-state index is 13.3. The Balaban J connectivity index is 1.63. The Bertz CT molecular complexity index is 646. The third kappa shape index (κ3) is 5.79.